The molecule has 0 saturated heterocycles. The van der Waals surface area contributed by atoms with E-state index >= 15 is 0 Å². The van der Waals surface area contributed by atoms with E-state index in [0.29, 0.717) is 64.6 Å². The molecule has 1 heterocycles. The predicted octanol–water partition coefficient (Wildman–Crippen LogP) is 4.76. The summed E-state index contributed by atoms with van der Waals surface area (Å²) in [4.78, 5) is 19.3. The number of hydrogen-bond acceptors (Lipinski definition) is 7. The number of rotatable bonds is 10. The lowest BCUT2D eigenvalue weighted by Gasteiger charge is -2.24. The van der Waals surface area contributed by atoms with E-state index in [9.17, 15) is 4.79 Å². The third-order valence-corrected chi connectivity index (χ3v) is 5.29. The number of aromatic nitrogens is 2. The molecule has 0 atom stereocenters. The van der Waals surface area contributed by atoms with E-state index in [1.165, 1.54) is 0 Å². The van der Waals surface area contributed by atoms with Crippen LogP contribution >= 0.6 is 11.6 Å². The molecule has 8 nitrogen and oxygen atoms in total. The van der Waals surface area contributed by atoms with Crippen LogP contribution in [0.3, 0.4) is 0 Å². The van der Waals surface area contributed by atoms with Crippen molar-refractivity contribution in [2.24, 2.45) is 5.92 Å². The van der Waals surface area contributed by atoms with E-state index in [2.05, 4.69) is 24.0 Å². The van der Waals surface area contributed by atoms with Gasteiger partial charge in [-0.05, 0) is 30.2 Å². The zero-order chi connectivity index (χ0) is 24.0. The van der Waals surface area contributed by atoms with Crippen LogP contribution in [-0.4, -0.2) is 55.4 Å². The first kappa shape index (κ1) is 24.4. The second-order valence-electron chi connectivity index (χ2n) is 7.80. The van der Waals surface area contributed by atoms with E-state index in [-0.39, 0.29) is 11.8 Å². The van der Waals surface area contributed by atoms with Crippen LogP contribution in [0.4, 0.5) is 0 Å². The van der Waals surface area contributed by atoms with E-state index in [0.717, 1.165) is 0 Å². The molecule has 0 N–H and O–H groups in total. The number of halogens is 1. The molecule has 0 aliphatic carbocycles. The second kappa shape index (κ2) is 11.0. The van der Waals surface area contributed by atoms with Crippen molar-refractivity contribution in [1.29, 1.82) is 0 Å². The van der Waals surface area contributed by atoms with Gasteiger partial charge in [-0.2, -0.15) is 4.98 Å². The van der Waals surface area contributed by atoms with Gasteiger partial charge in [0.25, 0.3) is 5.91 Å². The van der Waals surface area contributed by atoms with Crippen LogP contribution in [0.5, 0.6) is 17.2 Å². The molecule has 33 heavy (non-hydrogen) atoms. The molecular formula is C24H28ClN3O5. The Kier molecular flexibility index (Phi) is 8.16. The molecule has 9 heteroatoms. The smallest absolute Gasteiger partial charge is 0.255 e. The van der Waals surface area contributed by atoms with Gasteiger partial charge in [0, 0.05) is 25.1 Å². The van der Waals surface area contributed by atoms with Crippen molar-refractivity contribution in [3.63, 3.8) is 0 Å². The second-order valence-corrected chi connectivity index (χ2v) is 8.21. The van der Waals surface area contributed by atoms with Crippen LogP contribution in [0.2, 0.25) is 5.02 Å². The molecule has 0 bridgehead atoms. The molecule has 0 unspecified atom stereocenters. The maximum absolute atomic E-state index is 13.1. The van der Waals surface area contributed by atoms with Crippen molar-refractivity contribution >= 4 is 17.5 Å². The number of nitrogens with zero attached hydrogens (tertiary/aromatic N) is 3. The fourth-order valence-corrected chi connectivity index (χ4v) is 3.65. The fraction of sp³-hybridized carbons (Fsp3) is 0.375. The Morgan fingerprint density at radius 1 is 1.09 bits per heavy atom. The topological polar surface area (TPSA) is 86.9 Å². The summed E-state index contributed by atoms with van der Waals surface area (Å²) in [6, 6.07) is 10.5. The molecule has 3 aromatic rings. The molecule has 3 rings (SSSR count). The maximum Gasteiger partial charge on any atom is 0.255 e. The normalized spacial score (nSPS) is 10.9. The average molecular weight is 474 g/mol. The van der Waals surface area contributed by atoms with Crippen LogP contribution in [0, 0.1) is 5.92 Å². The van der Waals surface area contributed by atoms with Crippen LogP contribution in [0.15, 0.2) is 40.9 Å². The van der Waals surface area contributed by atoms with Gasteiger partial charge >= 0.3 is 0 Å². The summed E-state index contributed by atoms with van der Waals surface area (Å²) >= 11 is 6.24. The molecular weight excluding hydrogens is 446 g/mol. The average Bonchev–Trinajstić information content (AvgIpc) is 3.29. The van der Waals surface area contributed by atoms with Crippen molar-refractivity contribution in [2.75, 3.05) is 34.4 Å². The van der Waals surface area contributed by atoms with Gasteiger partial charge in [-0.15, -0.1) is 0 Å². The number of amides is 1. The van der Waals surface area contributed by atoms with E-state index in [1.54, 1.807) is 62.6 Å². The Bertz CT molecular complexity index is 1070. The summed E-state index contributed by atoms with van der Waals surface area (Å²) in [6.45, 7) is 5.11. The number of ether oxygens (including phenoxy) is 3. The Labute approximate surface area is 198 Å². The number of carbonyl (C=O) groups excluding carboxylic acids is 1. The fourth-order valence-electron chi connectivity index (χ4n) is 3.44. The summed E-state index contributed by atoms with van der Waals surface area (Å²) in [5.41, 5.74) is 1.13. The summed E-state index contributed by atoms with van der Waals surface area (Å²) in [5.74, 6) is 2.43. The Balaban J connectivity index is 1.79. The van der Waals surface area contributed by atoms with Gasteiger partial charge in [0.05, 0.1) is 31.9 Å². The highest BCUT2D eigenvalue weighted by Crippen LogP contribution is 2.40. The largest absolute Gasteiger partial charge is 0.493 e. The maximum atomic E-state index is 13.1. The first-order valence-corrected chi connectivity index (χ1v) is 10.9. The number of benzene rings is 2. The van der Waals surface area contributed by atoms with Crippen molar-refractivity contribution in [1.82, 2.24) is 15.0 Å². The molecule has 2 aromatic carbocycles. The molecule has 0 fully saturated rings. The van der Waals surface area contributed by atoms with Crippen molar-refractivity contribution in [3.8, 4) is 28.6 Å². The lowest BCUT2D eigenvalue weighted by Crippen LogP contribution is -2.36. The van der Waals surface area contributed by atoms with Crippen LogP contribution in [-0.2, 0) is 6.42 Å². The highest BCUT2D eigenvalue weighted by Gasteiger charge is 2.21. The van der Waals surface area contributed by atoms with E-state index in [1.807, 2.05) is 0 Å². The minimum absolute atomic E-state index is 0.126. The van der Waals surface area contributed by atoms with Gasteiger partial charge in [-0.25, -0.2) is 0 Å². The monoisotopic (exact) mass is 473 g/mol. The Morgan fingerprint density at radius 2 is 1.76 bits per heavy atom. The Hall–Kier alpha value is -3.26. The summed E-state index contributed by atoms with van der Waals surface area (Å²) < 4.78 is 21.6. The van der Waals surface area contributed by atoms with Gasteiger partial charge in [0.2, 0.25) is 17.5 Å². The quantitative estimate of drug-likeness (QED) is 0.419. The zero-order valence-electron chi connectivity index (χ0n) is 19.4. The molecule has 0 saturated carbocycles. The third kappa shape index (κ3) is 5.76. The number of methoxy groups -OCH3 is 3. The third-order valence-electron chi connectivity index (χ3n) is 4.96. The standard InChI is InChI=1S/C24H28ClN3O5/c1-15(2)14-28(24(29)17-8-6-7-9-18(17)25)11-10-21-26-23(27-33-21)16-12-19(30-3)22(32-5)20(13-16)31-4/h6-9,12-13,15H,10-11,14H2,1-5H3. The lowest BCUT2D eigenvalue weighted by atomic mass is 10.1. The van der Waals surface area contributed by atoms with E-state index < -0.39 is 0 Å². The van der Waals surface area contributed by atoms with Crippen molar-refractivity contribution in [3.05, 3.63) is 52.9 Å². The number of hydrogen-bond donors (Lipinski definition) is 0. The van der Waals surface area contributed by atoms with Crippen molar-refractivity contribution < 1.29 is 23.5 Å². The summed E-state index contributed by atoms with van der Waals surface area (Å²) in [6.07, 6.45) is 0.403. The Morgan fingerprint density at radius 3 is 2.33 bits per heavy atom. The lowest BCUT2D eigenvalue weighted by molar-refractivity contribution is 0.0735. The number of carbonyl (C=O) groups is 1. The first-order chi connectivity index (χ1) is 15.9. The molecule has 0 spiro atoms. The highest BCUT2D eigenvalue weighted by atomic mass is 35.5. The van der Waals surface area contributed by atoms with Crippen LogP contribution in [0.1, 0.15) is 30.1 Å². The van der Waals surface area contributed by atoms with E-state index in [4.69, 9.17) is 30.3 Å². The molecule has 0 radical (unpaired) electrons. The van der Waals surface area contributed by atoms with Gasteiger partial charge in [0.15, 0.2) is 11.5 Å². The molecule has 1 amide bonds. The molecule has 0 aliphatic heterocycles. The van der Waals surface area contributed by atoms with Crippen molar-refractivity contribution in [2.45, 2.75) is 20.3 Å². The first-order valence-electron chi connectivity index (χ1n) is 10.5. The van der Waals surface area contributed by atoms with Gasteiger partial charge in [-0.3, -0.25) is 4.79 Å². The van der Waals surface area contributed by atoms with Crippen LogP contribution in [0.25, 0.3) is 11.4 Å². The SMILES string of the molecule is COc1cc(-c2noc(CCN(CC(C)C)C(=O)c3ccccc3Cl)n2)cc(OC)c1OC. The zero-order valence-corrected chi connectivity index (χ0v) is 20.2. The highest BCUT2D eigenvalue weighted by molar-refractivity contribution is 6.33. The molecule has 1 aromatic heterocycles. The summed E-state index contributed by atoms with van der Waals surface area (Å²) in [5, 5.41) is 4.52. The molecule has 176 valence electrons. The van der Waals surface area contributed by atoms with Gasteiger partial charge < -0.3 is 23.6 Å². The summed E-state index contributed by atoms with van der Waals surface area (Å²) in [7, 11) is 4.63. The van der Waals surface area contributed by atoms with Gasteiger partial charge in [0.1, 0.15) is 0 Å². The minimum Gasteiger partial charge on any atom is -0.493 e. The minimum atomic E-state index is -0.126. The van der Waals surface area contributed by atoms with Gasteiger partial charge in [-0.1, -0.05) is 42.7 Å². The molecule has 0 aliphatic rings. The predicted molar refractivity (Wildman–Crippen MR) is 125 cm³/mol. The van der Waals surface area contributed by atoms with Crippen LogP contribution < -0.4 is 14.2 Å².